The molecule has 1 aromatic carbocycles. The number of hydrogen-bond acceptors (Lipinski definition) is 4. The molecule has 86 valence electrons. The molecule has 0 aliphatic heterocycles. The van der Waals surface area contributed by atoms with Crippen LogP contribution in [0, 0.1) is 4.91 Å². The van der Waals surface area contributed by atoms with Crippen LogP contribution in [-0.4, -0.2) is 13.1 Å². The zero-order valence-corrected chi connectivity index (χ0v) is 8.04. The van der Waals surface area contributed by atoms with E-state index in [0.717, 1.165) is 19.2 Å². The van der Waals surface area contributed by atoms with Gasteiger partial charge >= 0.3 is 12.1 Å². The minimum absolute atomic E-state index is 0.162. The summed E-state index contributed by atoms with van der Waals surface area (Å²) in [6.45, 7) is 0. The quantitative estimate of drug-likeness (QED) is 0.582. The van der Waals surface area contributed by atoms with Crippen LogP contribution < -0.4 is 0 Å². The van der Waals surface area contributed by atoms with Gasteiger partial charge in [-0.2, -0.15) is 13.2 Å². The van der Waals surface area contributed by atoms with Gasteiger partial charge in [0.25, 0.3) is 0 Å². The van der Waals surface area contributed by atoms with E-state index >= 15 is 0 Å². The fourth-order valence-corrected chi connectivity index (χ4v) is 1.09. The summed E-state index contributed by atoms with van der Waals surface area (Å²) in [4.78, 5) is 21.2. The number of esters is 1. The molecule has 0 saturated heterocycles. The Morgan fingerprint density at radius 1 is 1.38 bits per heavy atom. The summed E-state index contributed by atoms with van der Waals surface area (Å²) in [7, 11) is 1.08. The second-order valence-electron chi connectivity index (χ2n) is 2.81. The van der Waals surface area contributed by atoms with Gasteiger partial charge in [-0.25, -0.2) is 4.79 Å². The first-order valence-corrected chi connectivity index (χ1v) is 4.03. The Morgan fingerprint density at radius 2 is 2.00 bits per heavy atom. The molecule has 1 aromatic rings. The number of nitroso groups, excluding NO2 is 1. The minimum atomic E-state index is -4.68. The Balaban J connectivity index is 3.28. The highest BCUT2D eigenvalue weighted by Gasteiger charge is 2.34. The van der Waals surface area contributed by atoms with Crippen molar-refractivity contribution in [3.05, 3.63) is 34.2 Å². The molecular weight excluding hydrogens is 227 g/mol. The van der Waals surface area contributed by atoms with Crippen LogP contribution in [0.3, 0.4) is 0 Å². The first kappa shape index (κ1) is 12.2. The van der Waals surface area contributed by atoms with Gasteiger partial charge in [0.05, 0.1) is 18.2 Å². The van der Waals surface area contributed by atoms with Crippen molar-refractivity contribution in [2.45, 2.75) is 6.18 Å². The molecule has 0 N–H and O–H groups in total. The molecule has 0 unspecified atom stereocenters. The first-order chi connectivity index (χ1) is 7.40. The average Bonchev–Trinajstić information content (AvgIpc) is 2.25. The SMILES string of the molecule is COC(=O)c1ccc(C(F)(F)F)c(N=O)c1. The van der Waals surface area contributed by atoms with Crippen molar-refractivity contribution in [2.75, 3.05) is 7.11 Å². The van der Waals surface area contributed by atoms with Crippen LogP contribution in [0.1, 0.15) is 15.9 Å². The van der Waals surface area contributed by atoms with E-state index in [1.165, 1.54) is 0 Å². The van der Waals surface area contributed by atoms with E-state index in [0.29, 0.717) is 6.07 Å². The van der Waals surface area contributed by atoms with Crippen molar-refractivity contribution in [1.29, 1.82) is 0 Å². The molecule has 0 amide bonds. The molecule has 0 aliphatic rings. The van der Waals surface area contributed by atoms with E-state index in [1.54, 1.807) is 0 Å². The number of rotatable bonds is 2. The Hall–Kier alpha value is -1.92. The van der Waals surface area contributed by atoms with Crippen LogP contribution in [-0.2, 0) is 10.9 Å². The molecule has 16 heavy (non-hydrogen) atoms. The van der Waals surface area contributed by atoms with Crippen LogP contribution in [0.25, 0.3) is 0 Å². The summed E-state index contributed by atoms with van der Waals surface area (Å²) in [6, 6.07) is 2.27. The molecule has 0 fully saturated rings. The van der Waals surface area contributed by atoms with E-state index in [4.69, 9.17) is 0 Å². The number of alkyl halides is 3. The van der Waals surface area contributed by atoms with Crippen molar-refractivity contribution in [2.24, 2.45) is 5.18 Å². The predicted molar refractivity (Wildman–Crippen MR) is 48.2 cm³/mol. The zero-order valence-electron chi connectivity index (χ0n) is 8.04. The zero-order chi connectivity index (χ0) is 12.3. The Bertz CT molecular complexity index is 428. The fraction of sp³-hybridized carbons (Fsp3) is 0.222. The monoisotopic (exact) mass is 233 g/mol. The van der Waals surface area contributed by atoms with Gasteiger partial charge in [-0.15, -0.1) is 4.91 Å². The largest absolute Gasteiger partial charge is 0.465 e. The third-order valence-electron chi connectivity index (χ3n) is 1.82. The normalized spacial score (nSPS) is 11.0. The number of hydrogen-bond donors (Lipinski definition) is 0. The van der Waals surface area contributed by atoms with E-state index < -0.39 is 23.4 Å². The lowest BCUT2D eigenvalue weighted by molar-refractivity contribution is -0.137. The predicted octanol–water partition coefficient (Wildman–Crippen LogP) is 2.89. The van der Waals surface area contributed by atoms with Crippen molar-refractivity contribution >= 4 is 11.7 Å². The number of methoxy groups -OCH3 is 1. The molecule has 0 radical (unpaired) electrons. The van der Waals surface area contributed by atoms with E-state index in [9.17, 15) is 22.9 Å². The van der Waals surface area contributed by atoms with Crippen molar-refractivity contribution in [1.82, 2.24) is 0 Å². The van der Waals surface area contributed by atoms with Gasteiger partial charge in [-0.3, -0.25) is 0 Å². The number of nitrogens with zero attached hydrogens (tertiary/aromatic N) is 1. The van der Waals surface area contributed by atoms with Gasteiger partial charge < -0.3 is 4.74 Å². The lowest BCUT2D eigenvalue weighted by Gasteiger charge is -2.08. The fourth-order valence-electron chi connectivity index (χ4n) is 1.09. The number of carbonyl (C=O) groups excluding carboxylic acids is 1. The van der Waals surface area contributed by atoms with Gasteiger partial charge in [0.1, 0.15) is 5.69 Å². The molecule has 1 rings (SSSR count). The molecule has 4 nitrogen and oxygen atoms in total. The second-order valence-corrected chi connectivity index (χ2v) is 2.81. The van der Waals surface area contributed by atoms with Gasteiger partial charge in [0.2, 0.25) is 0 Å². The molecule has 0 heterocycles. The summed E-state index contributed by atoms with van der Waals surface area (Å²) >= 11 is 0. The summed E-state index contributed by atoms with van der Waals surface area (Å²) in [5.41, 5.74) is -2.18. The standard InChI is InChI=1S/C9H6F3NO3/c1-16-8(14)5-2-3-6(9(10,11)12)7(4-5)13-15/h2-4H,1H3. The summed E-state index contributed by atoms with van der Waals surface area (Å²) in [5.74, 6) is -0.835. The minimum Gasteiger partial charge on any atom is -0.465 e. The van der Waals surface area contributed by atoms with Crippen LogP contribution in [0.2, 0.25) is 0 Å². The second kappa shape index (κ2) is 4.30. The van der Waals surface area contributed by atoms with E-state index in [1.807, 2.05) is 0 Å². The van der Waals surface area contributed by atoms with Crippen molar-refractivity contribution < 1.29 is 22.7 Å². The smallest absolute Gasteiger partial charge is 0.418 e. The highest BCUT2D eigenvalue weighted by atomic mass is 19.4. The molecule has 7 heteroatoms. The van der Waals surface area contributed by atoms with Crippen LogP contribution in [0.4, 0.5) is 18.9 Å². The number of ether oxygens (including phenoxy) is 1. The number of carbonyl (C=O) groups is 1. The molecule has 0 atom stereocenters. The third-order valence-corrected chi connectivity index (χ3v) is 1.82. The number of halogens is 3. The maximum Gasteiger partial charge on any atom is 0.418 e. The Labute approximate surface area is 88.0 Å². The molecule has 0 bridgehead atoms. The molecule has 0 aromatic heterocycles. The summed E-state index contributed by atoms with van der Waals surface area (Å²) in [6.07, 6.45) is -4.68. The highest BCUT2D eigenvalue weighted by molar-refractivity contribution is 5.90. The van der Waals surface area contributed by atoms with E-state index in [2.05, 4.69) is 9.91 Å². The Kier molecular flexibility index (Phi) is 3.26. The maximum absolute atomic E-state index is 12.3. The van der Waals surface area contributed by atoms with Gasteiger partial charge in [0.15, 0.2) is 0 Å². The maximum atomic E-state index is 12.3. The lowest BCUT2D eigenvalue weighted by atomic mass is 10.1. The molecule has 0 aliphatic carbocycles. The van der Waals surface area contributed by atoms with Crippen LogP contribution in [0.15, 0.2) is 23.4 Å². The van der Waals surface area contributed by atoms with Gasteiger partial charge in [-0.1, -0.05) is 0 Å². The molecule has 0 spiro atoms. The molecule has 0 saturated carbocycles. The van der Waals surface area contributed by atoms with Crippen LogP contribution >= 0.6 is 0 Å². The topological polar surface area (TPSA) is 55.7 Å². The van der Waals surface area contributed by atoms with Crippen molar-refractivity contribution in [3.63, 3.8) is 0 Å². The van der Waals surface area contributed by atoms with Crippen molar-refractivity contribution in [3.8, 4) is 0 Å². The first-order valence-electron chi connectivity index (χ1n) is 4.03. The van der Waals surface area contributed by atoms with Crippen LogP contribution in [0.5, 0.6) is 0 Å². The van der Waals surface area contributed by atoms with Gasteiger partial charge in [-0.05, 0) is 23.4 Å². The molecular formula is C9H6F3NO3. The van der Waals surface area contributed by atoms with Gasteiger partial charge in [0, 0.05) is 0 Å². The number of benzene rings is 1. The van der Waals surface area contributed by atoms with E-state index in [-0.39, 0.29) is 5.56 Å². The average molecular weight is 233 g/mol. The highest BCUT2D eigenvalue weighted by Crippen LogP contribution is 2.36. The third kappa shape index (κ3) is 2.36. The summed E-state index contributed by atoms with van der Waals surface area (Å²) < 4.78 is 41.3. The Morgan fingerprint density at radius 3 is 2.44 bits per heavy atom. The lowest BCUT2D eigenvalue weighted by Crippen LogP contribution is -2.07. The summed E-state index contributed by atoms with van der Waals surface area (Å²) in [5, 5.41) is 2.24.